The number of anilines is 2. The Balaban J connectivity index is 1.28. The minimum Gasteiger partial charge on any atom is -0.379 e. The number of benzene rings is 2. The van der Waals surface area contributed by atoms with Crippen molar-refractivity contribution in [2.24, 2.45) is 0 Å². The fraction of sp³-hybridized carbons (Fsp3) is 0.290. The maximum atomic E-state index is 9.83. The first-order valence-electron chi connectivity index (χ1n) is 13.1. The van der Waals surface area contributed by atoms with E-state index < -0.39 is 0 Å². The molecule has 2 aromatic carbocycles. The van der Waals surface area contributed by atoms with Crippen LogP contribution in [0.15, 0.2) is 54.9 Å². The van der Waals surface area contributed by atoms with Crippen LogP contribution in [0.1, 0.15) is 33.5 Å². The van der Waals surface area contributed by atoms with E-state index in [1.807, 2.05) is 25.3 Å². The Kier molecular flexibility index (Phi) is 8.15. The molecule has 0 spiro atoms. The second-order valence-electron chi connectivity index (χ2n) is 9.67. The van der Waals surface area contributed by atoms with E-state index in [4.69, 9.17) is 4.74 Å². The monoisotopic (exact) mass is 506 g/mol. The predicted molar refractivity (Wildman–Crippen MR) is 154 cm³/mol. The van der Waals surface area contributed by atoms with E-state index in [2.05, 4.69) is 81.0 Å². The summed E-state index contributed by atoms with van der Waals surface area (Å²) < 4.78 is 5.41. The first-order valence-corrected chi connectivity index (χ1v) is 13.1. The highest BCUT2D eigenvalue weighted by molar-refractivity contribution is 5.90. The molecule has 7 heteroatoms. The molecule has 7 nitrogen and oxygen atoms in total. The van der Waals surface area contributed by atoms with E-state index in [1.54, 1.807) is 6.20 Å². The van der Waals surface area contributed by atoms with Gasteiger partial charge < -0.3 is 20.4 Å². The quantitative estimate of drug-likeness (QED) is 0.264. The van der Waals surface area contributed by atoms with Crippen molar-refractivity contribution < 1.29 is 4.74 Å². The average molecular weight is 507 g/mol. The van der Waals surface area contributed by atoms with Gasteiger partial charge >= 0.3 is 0 Å². The lowest BCUT2D eigenvalue weighted by atomic mass is 10.0. The van der Waals surface area contributed by atoms with Gasteiger partial charge in [-0.3, -0.25) is 9.88 Å². The lowest BCUT2D eigenvalue weighted by Gasteiger charge is -2.26. The highest BCUT2D eigenvalue weighted by atomic mass is 16.5. The summed E-state index contributed by atoms with van der Waals surface area (Å²) in [6.45, 7) is 10.6. The second kappa shape index (κ2) is 12.1. The van der Waals surface area contributed by atoms with E-state index in [0.717, 1.165) is 90.6 Å². The Morgan fingerprint density at radius 3 is 2.68 bits per heavy atom. The van der Waals surface area contributed by atoms with Crippen molar-refractivity contribution in [2.45, 2.75) is 20.4 Å². The normalized spacial score (nSPS) is 14.2. The molecule has 4 aromatic rings. The number of nitrogens with one attached hydrogen (secondary N) is 3. The smallest absolute Gasteiger partial charge is 0.103 e. The Morgan fingerprint density at radius 1 is 1.08 bits per heavy atom. The number of H-pyrrole nitrogens is 1. The van der Waals surface area contributed by atoms with Gasteiger partial charge in [0.25, 0.3) is 0 Å². The van der Waals surface area contributed by atoms with Crippen LogP contribution < -0.4 is 10.6 Å². The van der Waals surface area contributed by atoms with Crippen LogP contribution in [0, 0.1) is 25.2 Å². The number of hydrogen-bond donors (Lipinski definition) is 3. The Hall–Kier alpha value is -3.96. The van der Waals surface area contributed by atoms with Crippen LogP contribution in [0.4, 0.5) is 11.4 Å². The minimum absolute atomic E-state index is 0.516. The van der Waals surface area contributed by atoms with Crippen molar-refractivity contribution in [2.75, 3.05) is 44.7 Å². The van der Waals surface area contributed by atoms with Gasteiger partial charge in [-0.05, 0) is 48.7 Å². The van der Waals surface area contributed by atoms with Gasteiger partial charge in [-0.15, -0.1) is 0 Å². The molecule has 0 aliphatic carbocycles. The van der Waals surface area contributed by atoms with Gasteiger partial charge in [0, 0.05) is 73.0 Å². The molecule has 1 aliphatic heterocycles. The van der Waals surface area contributed by atoms with Crippen LogP contribution in [0.2, 0.25) is 0 Å². The topological polar surface area (TPSA) is 89.0 Å². The van der Waals surface area contributed by atoms with Crippen molar-refractivity contribution in [3.8, 4) is 6.07 Å². The molecule has 0 radical (unpaired) electrons. The van der Waals surface area contributed by atoms with Gasteiger partial charge in [-0.2, -0.15) is 5.26 Å². The third-order valence-electron chi connectivity index (χ3n) is 7.16. The van der Waals surface area contributed by atoms with Gasteiger partial charge in [0.05, 0.1) is 24.5 Å². The summed E-state index contributed by atoms with van der Waals surface area (Å²) in [4.78, 5) is 10.2. The molecule has 194 valence electrons. The predicted octanol–water partition coefficient (Wildman–Crippen LogP) is 5.39. The highest BCUT2D eigenvalue weighted by Crippen LogP contribution is 2.32. The molecule has 1 fully saturated rings. The minimum atomic E-state index is 0.516. The molecule has 0 unspecified atom stereocenters. The maximum Gasteiger partial charge on any atom is 0.103 e. The van der Waals surface area contributed by atoms with Crippen molar-refractivity contribution >= 4 is 34.4 Å². The molecule has 0 amide bonds. The van der Waals surface area contributed by atoms with Gasteiger partial charge in [-0.1, -0.05) is 36.4 Å². The van der Waals surface area contributed by atoms with Crippen LogP contribution in [0.5, 0.6) is 0 Å². The molecule has 0 atom stereocenters. The van der Waals surface area contributed by atoms with Crippen molar-refractivity contribution in [3.63, 3.8) is 0 Å². The number of rotatable bonds is 9. The fourth-order valence-electron chi connectivity index (χ4n) is 4.82. The summed E-state index contributed by atoms with van der Waals surface area (Å²) in [6.07, 6.45) is 7.71. The zero-order chi connectivity index (χ0) is 26.3. The molecule has 1 aliphatic rings. The lowest BCUT2D eigenvalue weighted by Crippen LogP contribution is -2.40. The number of ether oxygens (including phenoxy) is 1. The lowest BCUT2D eigenvalue weighted by molar-refractivity contribution is 0.0384. The molecular weight excluding hydrogens is 472 g/mol. The average Bonchev–Trinajstić information content (AvgIpc) is 3.43. The van der Waals surface area contributed by atoms with Crippen LogP contribution in [-0.2, 0) is 11.3 Å². The van der Waals surface area contributed by atoms with Gasteiger partial charge in [-0.25, -0.2) is 0 Å². The summed E-state index contributed by atoms with van der Waals surface area (Å²) >= 11 is 0. The van der Waals surface area contributed by atoms with Gasteiger partial charge in [0.15, 0.2) is 0 Å². The van der Waals surface area contributed by atoms with E-state index in [9.17, 15) is 5.26 Å². The van der Waals surface area contributed by atoms with Crippen LogP contribution in [0.3, 0.4) is 0 Å². The molecule has 5 rings (SSSR count). The molecule has 0 saturated carbocycles. The van der Waals surface area contributed by atoms with Gasteiger partial charge in [0.1, 0.15) is 6.07 Å². The van der Waals surface area contributed by atoms with Crippen LogP contribution in [0.25, 0.3) is 23.1 Å². The van der Waals surface area contributed by atoms with Crippen molar-refractivity contribution in [1.29, 1.82) is 5.26 Å². The zero-order valence-electron chi connectivity index (χ0n) is 22.1. The molecule has 1 saturated heterocycles. The summed E-state index contributed by atoms with van der Waals surface area (Å²) in [5, 5.41) is 18.1. The maximum absolute atomic E-state index is 9.83. The number of nitrogens with zero attached hydrogens (tertiary/aromatic N) is 3. The number of aromatic nitrogens is 2. The third-order valence-corrected chi connectivity index (χ3v) is 7.16. The molecule has 38 heavy (non-hydrogen) atoms. The second-order valence-corrected chi connectivity index (χ2v) is 9.67. The van der Waals surface area contributed by atoms with Crippen molar-refractivity contribution in [1.82, 2.24) is 20.2 Å². The number of morpholine rings is 1. The van der Waals surface area contributed by atoms with Crippen molar-refractivity contribution in [3.05, 3.63) is 88.4 Å². The Bertz CT molecular complexity index is 1460. The van der Waals surface area contributed by atoms with E-state index in [-0.39, 0.29) is 0 Å². The van der Waals surface area contributed by atoms with Crippen LogP contribution >= 0.6 is 0 Å². The van der Waals surface area contributed by atoms with E-state index in [1.165, 1.54) is 5.56 Å². The largest absolute Gasteiger partial charge is 0.379 e. The SMILES string of the molecule is Cc1ncc(C#N)c(Nc2ccc3[nH]ccc3c2C)c1C=Cc1ccc(CNCCN2CCOCC2)cc1. The Labute approximate surface area is 224 Å². The number of aromatic amines is 1. The first-order chi connectivity index (χ1) is 18.6. The molecule has 3 N–H and O–H groups in total. The summed E-state index contributed by atoms with van der Waals surface area (Å²) in [5.74, 6) is 0. The zero-order valence-corrected chi connectivity index (χ0v) is 22.1. The van der Waals surface area contributed by atoms with Gasteiger partial charge in [0.2, 0.25) is 0 Å². The number of fused-ring (bicyclic) bond motifs is 1. The fourth-order valence-corrected chi connectivity index (χ4v) is 4.82. The van der Waals surface area contributed by atoms with Crippen LogP contribution in [-0.4, -0.2) is 54.3 Å². The highest BCUT2D eigenvalue weighted by Gasteiger charge is 2.14. The van der Waals surface area contributed by atoms with E-state index >= 15 is 0 Å². The first kappa shape index (κ1) is 25.7. The number of hydrogen-bond acceptors (Lipinski definition) is 6. The molecule has 0 bridgehead atoms. The summed E-state index contributed by atoms with van der Waals surface area (Å²) in [7, 11) is 0. The number of nitriles is 1. The van der Waals surface area contributed by atoms with E-state index in [0.29, 0.717) is 5.56 Å². The standard InChI is InChI=1S/C31H34N6O/c1-22-27-11-12-34-30(27)10-9-29(22)36-31-26(19-32)21-35-23(2)28(31)8-7-24-3-5-25(6-4-24)20-33-13-14-37-15-17-38-18-16-37/h3-12,21,33-34H,13-18,20H2,1-2H3,(H,35,36). The third kappa shape index (κ3) is 5.95. The Morgan fingerprint density at radius 2 is 1.89 bits per heavy atom. The number of pyridine rings is 1. The molecule has 2 aromatic heterocycles. The summed E-state index contributed by atoms with van der Waals surface area (Å²) in [6, 6.07) is 17.1. The molecular formula is C31H34N6O. The number of aryl methyl sites for hydroxylation is 2. The summed E-state index contributed by atoms with van der Waals surface area (Å²) in [5.41, 5.74) is 8.61. The molecule has 3 heterocycles.